The van der Waals surface area contributed by atoms with Gasteiger partial charge >= 0.3 is 11.9 Å². The summed E-state index contributed by atoms with van der Waals surface area (Å²) in [4.78, 5) is 44.7. The van der Waals surface area contributed by atoms with E-state index in [0.29, 0.717) is 26.4 Å². The summed E-state index contributed by atoms with van der Waals surface area (Å²) in [5.74, 6) is -0.843. The maximum atomic E-state index is 13.9. The number of halogens is 1. The third-order valence-corrected chi connectivity index (χ3v) is 8.83. The second-order valence-corrected chi connectivity index (χ2v) is 11.1. The van der Waals surface area contributed by atoms with Crippen molar-refractivity contribution in [2.45, 2.75) is 25.9 Å². The molecule has 1 aliphatic heterocycles. The molecule has 1 aromatic heterocycles. The number of carbonyl (C=O) groups excluding carboxylic acids is 3. The molecule has 10 nitrogen and oxygen atoms in total. The first kappa shape index (κ1) is 31.5. The number of anilines is 1. The fourth-order valence-corrected chi connectivity index (χ4v) is 6.59. The Hall–Kier alpha value is -3.45. The molecule has 1 fully saturated rings. The molecule has 224 valence electrons. The minimum Gasteiger partial charge on any atom is -0.480 e. The van der Waals surface area contributed by atoms with Crippen LogP contribution < -0.4 is 19.9 Å². The quantitative estimate of drug-likeness (QED) is 0.206. The Morgan fingerprint density at radius 3 is 2.48 bits per heavy atom. The van der Waals surface area contributed by atoms with Crippen LogP contribution in [0.15, 0.2) is 59.1 Å². The molecule has 1 amide bonds. The summed E-state index contributed by atoms with van der Waals surface area (Å²) in [7, 11) is 2.73. The number of amides is 1. The summed E-state index contributed by atoms with van der Waals surface area (Å²) < 4.78 is 22.5. The van der Waals surface area contributed by atoms with E-state index in [4.69, 9.17) is 23.8 Å². The van der Waals surface area contributed by atoms with Gasteiger partial charge in [-0.1, -0.05) is 30.3 Å². The Balaban J connectivity index is 1.65. The molecule has 2 heterocycles. The van der Waals surface area contributed by atoms with Gasteiger partial charge in [-0.05, 0) is 78.6 Å². The number of nitrogens with zero attached hydrogens (tertiary/aromatic N) is 1. The molecular weight excluding hydrogens is 628 g/mol. The van der Waals surface area contributed by atoms with E-state index in [0.717, 1.165) is 37.3 Å². The monoisotopic (exact) mass is 660 g/mol. The lowest BCUT2D eigenvalue weighted by Crippen LogP contribution is -2.48. The molecule has 4 rings (SSSR count). The summed E-state index contributed by atoms with van der Waals surface area (Å²) in [6.45, 7) is 3.10. The fourth-order valence-electron chi connectivity index (χ4n) is 4.63. The second-order valence-electron chi connectivity index (χ2n) is 9.29. The standard InChI is InChI=1S/C30H33BrN2O8S/c1-4-39-23(34)18-40-26-24(31)27(42-28(26)30(36)37-2)20-9-8-12-22(17-20)41-25(19-13-15-32-16-14-19)29(35)33(38-3)21-10-6-5-7-11-21/h5-12,17,19,25,32H,4,13-16,18H2,1-3H3. The molecule has 1 aliphatic rings. The summed E-state index contributed by atoms with van der Waals surface area (Å²) in [6, 6.07) is 16.4. The maximum absolute atomic E-state index is 13.9. The van der Waals surface area contributed by atoms with Crippen LogP contribution in [0.2, 0.25) is 0 Å². The maximum Gasteiger partial charge on any atom is 0.351 e. The third-order valence-electron chi connectivity index (χ3n) is 6.61. The number of ether oxygens (including phenoxy) is 4. The number of rotatable bonds is 12. The molecule has 0 spiro atoms. The zero-order valence-electron chi connectivity index (χ0n) is 23.6. The topological polar surface area (TPSA) is 113 Å². The molecule has 42 heavy (non-hydrogen) atoms. The van der Waals surface area contributed by atoms with Crippen LogP contribution in [-0.4, -0.2) is 64.5 Å². The van der Waals surface area contributed by atoms with Gasteiger partial charge in [0.15, 0.2) is 23.3 Å². The van der Waals surface area contributed by atoms with Gasteiger partial charge < -0.3 is 24.3 Å². The zero-order valence-corrected chi connectivity index (χ0v) is 26.0. The molecule has 0 aliphatic carbocycles. The molecule has 1 atom stereocenters. The van der Waals surface area contributed by atoms with Gasteiger partial charge in [0.2, 0.25) is 0 Å². The number of hydrogen-bond acceptors (Lipinski definition) is 10. The molecule has 12 heteroatoms. The van der Waals surface area contributed by atoms with Gasteiger partial charge in [-0.3, -0.25) is 9.63 Å². The van der Waals surface area contributed by atoms with Crippen LogP contribution in [-0.2, 0) is 23.9 Å². The van der Waals surface area contributed by atoms with Crippen molar-refractivity contribution in [3.8, 4) is 21.9 Å². The summed E-state index contributed by atoms with van der Waals surface area (Å²) >= 11 is 4.69. The van der Waals surface area contributed by atoms with E-state index in [-0.39, 0.29) is 35.7 Å². The van der Waals surface area contributed by atoms with Crippen molar-refractivity contribution >= 4 is 50.8 Å². The molecule has 3 aromatic rings. The van der Waals surface area contributed by atoms with E-state index in [1.54, 1.807) is 31.2 Å². The third kappa shape index (κ3) is 7.49. The van der Waals surface area contributed by atoms with Gasteiger partial charge in [-0.25, -0.2) is 9.59 Å². The first-order valence-electron chi connectivity index (χ1n) is 13.5. The van der Waals surface area contributed by atoms with Crippen LogP contribution in [0, 0.1) is 5.92 Å². The molecular formula is C30H33BrN2O8S. The fraction of sp³-hybridized carbons (Fsp3) is 0.367. The van der Waals surface area contributed by atoms with E-state index in [1.165, 1.54) is 19.3 Å². The van der Waals surface area contributed by atoms with Gasteiger partial charge in [0.25, 0.3) is 5.91 Å². The highest BCUT2D eigenvalue weighted by atomic mass is 79.9. The Kier molecular flexibility index (Phi) is 11.4. The second kappa shape index (κ2) is 15.1. The summed E-state index contributed by atoms with van der Waals surface area (Å²) in [5, 5.41) is 4.60. The van der Waals surface area contributed by atoms with Crippen molar-refractivity contribution in [1.29, 1.82) is 0 Å². The molecule has 0 saturated carbocycles. The average Bonchev–Trinajstić information content (AvgIpc) is 3.35. The molecule has 0 radical (unpaired) electrons. The van der Waals surface area contributed by atoms with E-state index >= 15 is 0 Å². The van der Waals surface area contributed by atoms with E-state index < -0.39 is 18.0 Å². The Morgan fingerprint density at radius 1 is 1.07 bits per heavy atom. The highest BCUT2D eigenvalue weighted by Gasteiger charge is 2.36. The van der Waals surface area contributed by atoms with Crippen molar-refractivity contribution in [3.05, 3.63) is 63.9 Å². The lowest BCUT2D eigenvalue weighted by molar-refractivity contribution is -0.145. The summed E-state index contributed by atoms with van der Waals surface area (Å²) in [5.41, 5.74) is 1.32. The minimum absolute atomic E-state index is 0.0361. The lowest BCUT2D eigenvalue weighted by atomic mass is 9.91. The smallest absolute Gasteiger partial charge is 0.351 e. The van der Waals surface area contributed by atoms with Crippen LogP contribution in [0.25, 0.3) is 10.4 Å². The minimum atomic E-state index is -0.802. The van der Waals surface area contributed by atoms with Crippen LogP contribution in [0.3, 0.4) is 0 Å². The predicted molar refractivity (Wildman–Crippen MR) is 162 cm³/mol. The van der Waals surface area contributed by atoms with Gasteiger partial charge in [0.1, 0.15) is 5.75 Å². The van der Waals surface area contributed by atoms with Gasteiger partial charge in [0.05, 0.1) is 35.9 Å². The predicted octanol–water partition coefficient (Wildman–Crippen LogP) is 5.25. The highest BCUT2D eigenvalue weighted by Crippen LogP contribution is 2.46. The molecule has 0 bridgehead atoms. The van der Waals surface area contributed by atoms with Crippen molar-refractivity contribution in [2.75, 3.05) is 45.6 Å². The van der Waals surface area contributed by atoms with Crippen molar-refractivity contribution in [3.63, 3.8) is 0 Å². The number of esters is 2. The average molecular weight is 662 g/mol. The van der Waals surface area contributed by atoms with Gasteiger partial charge in [-0.2, -0.15) is 5.06 Å². The van der Waals surface area contributed by atoms with E-state index in [9.17, 15) is 14.4 Å². The number of benzene rings is 2. The number of carbonyl (C=O) groups is 3. The number of thiophene rings is 1. The number of nitrogens with one attached hydrogen (secondary N) is 1. The Morgan fingerprint density at radius 2 is 1.81 bits per heavy atom. The first-order chi connectivity index (χ1) is 20.4. The molecule has 2 aromatic carbocycles. The molecule has 1 N–H and O–H groups in total. The number of hydroxylamine groups is 1. The van der Waals surface area contributed by atoms with Crippen molar-refractivity contribution in [1.82, 2.24) is 5.32 Å². The SMILES string of the molecule is CCOC(=O)COc1c(C(=O)OC)sc(-c2cccc(OC(C(=O)N(OC)c3ccccc3)C3CCNCC3)c2)c1Br. The van der Waals surface area contributed by atoms with Crippen molar-refractivity contribution < 1.29 is 38.2 Å². The summed E-state index contributed by atoms with van der Waals surface area (Å²) in [6.07, 6.45) is 0.730. The van der Waals surface area contributed by atoms with Crippen LogP contribution in [0.1, 0.15) is 29.4 Å². The molecule has 1 saturated heterocycles. The Labute approximate surface area is 256 Å². The van der Waals surface area contributed by atoms with Crippen LogP contribution >= 0.6 is 27.3 Å². The van der Waals surface area contributed by atoms with Crippen molar-refractivity contribution in [2.24, 2.45) is 5.92 Å². The van der Waals surface area contributed by atoms with E-state index in [2.05, 4.69) is 21.2 Å². The number of methoxy groups -OCH3 is 1. The normalized spacial score (nSPS) is 14.1. The van der Waals surface area contributed by atoms with Crippen LogP contribution in [0.4, 0.5) is 5.69 Å². The number of piperidine rings is 1. The highest BCUT2D eigenvalue weighted by molar-refractivity contribution is 9.10. The first-order valence-corrected chi connectivity index (χ1v) is 15.1. The lowest BCUT2D eigenvalue weighted by Gasteiger charge is -2.33. The largest absolute Gasteiger partial charge is 0.480 e. The van der Waals surface area contributed by atoms with Gasteiger partial charge in [0, 0.05) is 5.92 Å². The van der Waals surface area contributed by atoms with E-state index in [1.807, 2.05) is 30.3 Å². The van der Waals surface area contributed by atoms with Gasteiger partial charge in [-0.15, -0.1) is 11.3 Å². The molecule has 1 unspecified atom stereocenters. The van der Waals surface area contributed by atoms with Crippen LogP contribution in [0.5, 0.6) is 11.5 Å². The number of hydrogen-bond donors (Lipinski definition) is 1. The number of para-hydroxylation sites is 1. The zero-order chi connectivity index (χ0) is 30.1. The Bertz CT molecular complexity index is 1380.